The maximum absolute atomic E-state index is 10.2. The zero-order valence-corrected chi connectivity index (χ0v) is 11.5. The zero-order valence-electron chi connectivity index (χ0n) is 11.5. The lowest BCUT2D eigenvalue weighted by Gasteiger charge is -2.36. The number of aliphatic hydroxyl groups excluding tert-OH is 1. The highest BCUT2D eigenvalue weighted by Crippen LogP contribution is 2.24. The van der Waals surface area contributed by atoms with E-state index < -0.39 is 0 Å². The van der Waals surface area contributed by atoms with Crippen LogP contribution in [0.5, 0.6) is 0 Å². The van der Waals surface area contributed by atoms with Gasteiger partial charge in [0.1, 0.15) is 0 Å². The van der Waals surface area contributed by atoms with Gasteiger partial charge in [-0.1, -0.05) is 37.3 Å². The van der Waals surface area contributed by atoms with Crippen molar-refractivity contribution in [2.45, 2.75) is 45.3 Å². The molecule has 0 bridgehead atoms. The van der Waals surface area contributed by atoms with E-state index in [1.54, 1.807) is 0 Å². The van der Waals surface area contributed by atoms with Crippen LogP contribution in [0.1, 0.15) is 44.8 Å². The second kappa shape index (κ2) is 6.35. The van der Waals surface area contributed by atoms with Crippen molar-refractivity contribution >= 4 is 0 Å². The summed E-state index contributed by atoms with van der Waals surface area (Å²) in [5.41, 5.74) is 1.04. The predicted molar refractivity (Wildman–Crippen MR) is 75.5 cm³/mol. The Labute approximate surface area is 111 Å². The molecule has 0 amide bonds. The van der Waals surface area contributed by atoms with E-state index in [0.29, 0.717) is 6.04 Å². The molecule has 0 spiro atoms. The van der Waals surface area contributed by atoms with Crippen molar-refractivity contribution < 1.29 is 5.11 Å². The molecule has 1 fully saturated rings. The van der Waals surface area contributed by atoms with Crippen molar-refractivity contribution in [3.8, 4) is 0 Å². The number of benzene rings is 1. The van der Waals surface area contributed by atoms with Crippen LogP contribution in [0.25, 0.3) is 0 Å². The van der Waals surface area contributed by atoms with Gasteiger partial charge in [-0.05, 0) is 44.2 Å². The fourth-order valence-electron chi connectivity index (χ4n) is 2.92. The lowest BCUT2D eigenvalue weighted by molar-refractivity contribution is 0.0941. The highest BCUT2D eigenvalue weighted by atomic mass is 16.3. The van der Waals surface area contributed by atoms with Crippen molar-refractivity contribution in [2.75, 3.05) is 13.1 Å². The summed E-state index contributed by atoms with van der Waals surface area (Å²) in [7, 11) is 0. The van der Waals surface area contributed by atoms with Crippen LogP contribution in [0, 0.1) is 5.92 Å². The summed E-state index contributed by atoms with van der Waals surface area (Å²) in [6.07, 6.45) is 3.10. The first-order chi connectivity index (χ1) is 8.66. The molecule has 2 rings (SSSR count). The molecule has 1 heterocycles. The fourth-order valence-corrected chi connectivity index (χ4v) is 2.92. The Morgan fingerprint density at radius 3 is 2.67 bits per heavy atom. The van der Waals surface area contributed by atoms with E-state index in [2.05, 4.69) is 18.7 Å². The Morgan fingerprint density at radius 1 is 1.28 bits per heavy atom. The van der Waals surface area contributed by atoms with Crippen LogP contribution in [0.3, 0.4) is 0 Å². The summed E-state index contributed by atoms with van der Waals surface area (Å²) < 4.78 is 0. The first kappa shape index (κ1) is 13.6. The maximum Gasteiger partial charge on any atom is 0.0802 e. The topological polar surface area (TPSA) is 23.5 Å². The molecule has 1 aliphatic rings. The van der Waals surface area contributed by atoms with Gasteiger partial charge in [0.25, 0.3) is 0 Å². The molecule has 3 unspecified atom stereocenters. The van der Waals surface area contributed by atoms with Gasteiger partial charge in [-0.3, -0.25) is 0 Å². The molecule has 2 nitrogen and oxygen atoms in total. The summed E-state index contributed by atoms with van der Waals surface area (Å²) in [5, 5.41) is 10.2. The van der Waals surface area contributed by atoms with Crippen LogP contribution in [-0.2, 0) is 0 Å². The number of nitrogens with zero attached hydrogens (tertiary/aromatic N) is 1. The molecule has 0 radical (unpaired) electrons. The van der Waals surface area contributed by atoms with Crippen molar-refractivity contribution in [1.29, 1.82) is 0 Å². The van der Waals surface area contributed by atoms with E-state index in [4.69, 9.17) is 0 Å². The number of piperidine rings is 1. The van der Waals surface area contributed by atoms with Gasteiger partial charge in [0.2, 0.25) is 0 Å². The predicted octanol–water partition coefficient (Wildman–Crippen LogP) is 3.23. The molecular formula is C16H25NO. The highest BCUT2D eigenvalue weighted by molar-refractivity contribution is 5.17. The van der Waals surface area contributed by atoms with Crippen LogP contribution in [0.15, 0.2) is 30.3 Å². The van der Waals surface area contributed by atoms with Crippen LogP contribution in [0.2, 0.25) is 0 Å². The second-order valence-corrected chi connectivity index (χ2v) is 5.73. The van der Waals surface area contributed by atoms with Crippen molar-refractivity contribution in [3.63, 3.8) is 0 Å². The maximum atomic E-state index is 10.2. The Kier molecular flexibility index (Phi) is 4.79. The van der Waals surface area contributed by atoms with Gasteiger partial charge >= 0.3 is 0 Å². The second-order valence-electron chi connectivity index (χ2n) is 5.73. The first-order valence-electron chi connectivity index (χ1n) is 7.14. The van der Waals surface area contributed by atoms with Gasteiger partial charge in [0.05, 0.1) is 6.10 Å². The van der Waals surface area contributed by atoms with Gasteiger partial charge in [-0.15, -0.1) is 0 Å². The van der Waals surface area contributed by atoms with Crippen molar-refractivity contribution in [3.05, 3.63) is 35.9 Å². The smallest absolute Gasteiger partial charge is 0.0802 e. The molecule has 1 N–H and O–H groups in total. The molecule has 1 saturated heterocycles. The number of aliphatic hydroxyl groups is 1. The SMILES string of the molecule is CC1CCN(CCC(O)c2ccccc2)C(C)C1. The summed E-state index contributed by atoms with van der Waals surface area (Å²) in [5.74, 6) is 0.857. The van der Waals surface area contributed by atoms with Crippen molar-refractivity contribution in [2.24, 2.45) is 5.92 Å². The largest absolute Gasteiger partial charge is 0.388 e. The molecule has 1 aromatic carbocycles. The summed E-state index contributed by atoms with van der Waals surface area (Å²) in [6.45, 7) is 6.84. The van der Waals surface area contributed by atoms with Gasteiger partial charge in [0, 0.05) is 12.6 Å². The third-order valence-corrected chi connectivity index (χ3v) is 4.15. The minimum Gasteiger partial charge on any atom is -0.388 e. The van der Waals surface area contributed by atoms with E-state index in [1.807, 2.05) is 30.3 Å². The molecule has 2 heteroatoms. The quantitative estimate of drug-likeness (QED) is 0.883. The number of likely N-dealkylation sites (tertiary alicyclic amines) is 1. The molecule has 0 aromatic heterocycles. The van der Waals surface area contributed by atoms with E-state index in [-0.39, 0.29) is 6.10 Å². The lowest BCUT2D eigenvalue weighted by Crippen LogP contribution is -2.41. The third kappa shape index (κ3) is 3.56. The van der Waals surface area contributed by atoms with Gasteiger partial charge < -0.3 is 10.0 Å². The standard InChI is InChI=1S/C16H25NO/c1-13-8-10-17(14(2)12-13)11-9-16(18)15-6-4-3-5-7-15/h3-7,13-14,16,18H,8-12H2,1-2H3. The Morgan fingerprint density at radius 2 is 2.00 bits per heavy atom. The Balaban J connectivity index is 1.81. The molecule has 18 heavy (non-hydrogen) atoms. The summed E-state index contributed by atoms with van der Waals surface area (Å²) in [4.78, 5) is 2.52. The summed E-state index contributed by atoms with van der Waals surface area (Å²) >= 11 is 0. The van der Waals surface area contributed by atoms with E-state index in [9.17, 15) is 5.11 Å². The number of hydrogen-bond acceptors (Lipinski definition) is 2. The van der Waals surface area contributed by atoms with E-state index in [0.717, 1.165) is 24.4 Å². The minimum atomic E-state index is -0.322. The zero-order chi connectivity index (χ0) is 13.0. The molecule has 100 valence electrons. The third-order valence-electron chi connectivity index (χ3n) is 4.15. The highest BCUT2D eigenvalue weighted by Gasteiger charge is 2.23. The molecule has 1 aliphatic heterocycles. The van der Waals surface area contributed by atoms with Crippen LogP contribution >= 0.6 is 0 Å². The normalized spacial score (nSPS) is 27.1. The fraction of sp³-hybridized carbons (Fsp3) is 0.625. The van der Waals surface area contributed by atoms with Gasteiger partial charge in [-0.2, -0.15) is 0 Å². The van der Waals surface area contributed by atoms with Gasteiger partial charge in [-0.25, -0.2) is 0 Å². The molecular weight excluding hydrogens is 222 g/mol. The monoisotopic (exact) mass is 247 g/mol. The Bertz CT molecular complexity index is 351. The molecule has 1 aromatic rings. The first-order valence-corrected chi connectivity index (χ1v) is 7.14. The number of rotatable bonds is 4. The molecule has 0 aliphatic carbocycles. The number of hydrogen-bond donors (Lipinski definition) is 1. The van der Waals surface area contributed by atoms with Crippen LogP contribution in [0.4, 0.5) is 0 Å². The minimum absolute atomic E-state index is 0.322. The van der Waals surface area contributed by atoms with Crippen LogP contribution in [-0.4, -0.2) is 29.1 Å². The van der Waals surface area contributed by atoms with Crippen molar-refractivity contribution in [1.82, 2.24) is 4.90 Å². The Hall–Kier alpha value is -0.860. The molecule has 0 saturated carbocycles. The van der Waals surface area contributed by atoms with Crippen LogP contribution < -0.4 is 0 Å². The van der Waals surface area contributed by atoms with E-state index >= 15 is 0 Å². The molecule has 3 atom stereocenters. The van der Waals surface area contributed by atoms with Gasteiger partial charge in [0.15, 0.2) is 0 Å². The van der Waals surface area contributed by atoms with E-state index in [1.165, 1.54) is 19.4 Å². The lowest BCUT2D eigenvalue weighted by atomic mass is 9.93. The average molecular weight is 247 g/mol. The average Bonchev–Trinajstić information content (AvgIpc) is 2.38. The summed E-state index contributed by atoms with van der Waals surface area (Å²) in [6, 6.07) is 10.6.